The molecule has 1 aromatic rings. The summed E-state index contributed by atoms with van der Waals surface area (Å²) in [6.45, 7) is 2.87. The van der Waals surface area contributed by atoms with Gasteiger partial charge < -0.3 is 10.6 Å². The molecule has 1 aliphatic heterocycles. The van der Waals surface area contributed by atoms with E-state index in [0.29, 0.717) is 23.7 Å². The topological polar surface area (TPSA) is 46.3 Å². The molecule has 1 fully saturated rings. The van der Waals surface area contributed by atoms with Gasteiger partial charge in [-0.05, 0) is 56.8 Å². The van der Waals surface area contributed by atoms with Gasteiger partial charge >= 0.3 is 0 Å². The summed E-state index contributed by atoms with van der Waals surface area (Å²) in [4.78, 5) is 14.4. The van der Waals surface area contributed by atoms with Crippen LogP contribution in [0.5, 0.6) is 0 Å². The molecule has 1 saturated heterocycles. The minimum Gasteiger partial charge on any atom is -0.336 e. The minimum absolute atomic E-state index is 0.140. The van der Waals surface area contributed by atoms with Crippen LogP contribution < -0.4 is 5.73 Å². The molecule has 0 aliphatic carbocycles. The molecular weight excluding hydrogens is 279 g/mol. The van der Waals surface area contributed by atoms with Crippen molar-refractivity contribution in [3.63, 3.8) is 0 Å². The largest absolute Gasteiger partial charge is 0.336 e. The van der Waals surface area contributed by atoms with Crippen LogP contribution in [0.15, 0.2) is 12.1 Å². The maximum absolute atomic E-state index is 13.7. The minimum atomic E-state index is -0.398. The maximum atomic E-state index is 13.7. The van der Waals surface area contributed by atoms with Gasteiger partial charge in [-0.2, -0.15) is 0 Å². The Morgan fingerprint density at radius 3 is 2.95 bits per heavy atom. The zero-order valence-electron chi connectivity index (χ0n) is 11.7. The first-order chi connectivity index (χ1) is 9.54. The van der Waals surface area contributed by atoms with Crippen molar-refractivity contribution < 1.29 is 9.18 Å². The lowest BCUT2D eigenvalue weighted by Gasteiger charge is -2.36. The van der Waals surface area contributed by atoms with Gasteiger partial charge in [-0.15, -0.1) is 0 Å². The van der Waals surface area contributed by atoms with Crippen LogP contribution in [-0.4, -0.2) is 29.9 Å². The Hall–Kier alpha value is -1.13. The molecule has 0 aromatic heterocycles. The highest BCUT2D eigenvalue weighted by Crippen LogP contribution is 2.26. The van der Waals surface area contributed by atoms with E-state index in [9.17, 15) is 9.18 Å². The van der Waals surface area contributed by atoms with E-state index in [-0.39, 0.29) is 17.5 Å². The van der Waals surface area contributed by atoms with E-state index in [2.05, 4.69) is 0 Å². The summed E-state index contributed by atoms with van der Waals surface area (Å²) in [6.07, 6.45) is 3.80. The molecule has 110 valence electrons. The third-order valence-electron chi connectivity index (χ3n) is 3.87. The number of hydrogen-bond acceptors (Lipinski definition) is 2. The Morgan fingerprint density at radius 2 is 2.25 bits per heavy atom. The molecule has 2 N–H and O–H groups in total. The van der Waals surface area contributed by atoms with E-state index in [0.717, 1.165) is 25.7 Å². The van der Waals surface area contributed by atoms with Crippen molar-refractivity contribution in [1.82, 2.24) is 4.90 Å². The van der Waals surface area contributed by atoms with Gasteiger partial charge in [-0.3, -0.25) is 4.79 Å². The number of carbonyl (C=O) groups excluding carboxylic acids is 1. The van der Waals surface area contributed by atoms with E-state index in [1.54, 1.807) is 11.8 Å². The van der Waals surface area contributed by atoms with Crippen LogP contribution in [0.1, 0.15) is 41.6 Å². The van der Waals surface area contributed by atoms with Crippen LogP contribution in [-0.2, 0) is 0 Å². The number of likely N-dealkylation sites (tertiary alicyclic amines) is 1. The van der Waals surface area contributed by atoms with Crippen molar-refractivity contribution in [2.24, 2.45) is 5.73 Å². The number of piperidine rings is 1. The first-order valence-electron chi connectivity index (χ1n) is 7.01. The first-order valence-corrected chi connectivity index (χ1v) is 7.39. The van der Waals surface area contributed by atoms with Gasteiger partial charge in [-0.1, -0.05) is 11.6 Å². The summed E-state index contributed by atoms with van der Waals surface area (Å²) < 4.78 is 13.7. The molecule has 0 saturated carbocycles. The summed E-state index contributed by atoms with van der Waals surface area (Å²) >= 11 is 6.10. The average Bonchev–Trinajstić information content (AvgIpc) is 2.43. The fraction of sp³-hybridized carbons (Fsp3) is 0.533. The third-order valence-corrected chi connectivity index (χ3v) is 4.18. The van der Waals surface area contributed by atoms with Crippen LogP contribution in [0.25, 0.3) is 0 Å². The number of hydrogen-bond donors (Lipinski definition) is 1. The molecule has 2 rings (SSSR count). The Morgan fingerprint density at radius 1 is 1.50 bits per heavy atom. The molecule has 1 aromatic carbocycles. The molecule has 1 atom stereocenters. The third kappa shape index (κ3) is 3.13. The molecule has 0 radical (unpaired) electrons. The number of halogens is 2. The molecule has 1 aliphatic rings. The molecule has 1 amide bonds. The monoisotopic (exact) mass is 298 g/mol. The van der Waals surface area contributed by atoms with Gasteiger partial charge in [0, 0.05) is 12.6 Å². The van der Waals surface area contributed by atoms with Gasteiger partial charge in [0.25, 0.3) is 5.91 Å². The predicted molar refractivity (Wildman–Crippen MR) is 78.5 cm³/mol. The van der Waals surface area contributed by atoms with Crippen molar-refractivity contribution in [3.05, 3.63) is 34.1 Å². The van der Waals surface area contributed by atoms with Crippen LogP contribution in [0.2, 0.25) is 5.02 Å². The number of nitrogens with two attached hydrogens (primary N) is 1. The number of nitrogens with zero attached hydrogens (tertiary/aromatic N) is 1. The normalized spacial score (nSPS) is 19.2. The lowest BCUT2D eigenvalue weighted by Crippen LogP contribution is -2.44. The van der Waals surface area contributed by atoms with Crippen molar-refractivity contribution >= 4 is 17.5 Å². The molecule has 0 spiro atoms. The van der Waals surface area contributed by atoms with Gasteiger partial charge in [0.15, 0.2) is 0 Å². The van der Waals surface area contributed by atoms with Gasteiger partial charge in [-0.25, -0.2) is 4.39 Å². The molecule has 1 heterocycles. The lowest BCUT2D eigenvalue weighted by molar-refractivity contribution is 0.0604. The number of benzene rings is 1. The summed E-state index contributed by atoms with van der Waals surface area (Å²) in [5, 5.41) is 0.311. The average molecular weight is 299 g/mol. The zero-order valence-corrected chi connectivity index (χ0v) is 12.4. The van der Waals surface area contributed by atoms with Crippen LogP contribution in [0.3, 0.4) is 0 Å². The van der Waals surface area contributed by atoms with Crippen LogP contribution >= 0.6 is 11.6 Å². The summed E-state index contributed by atoms with van der Waals surface area (Å²) in [5.74, 6) is -0.586. The van der Waals surface area contributed by atoms with E-state index in [4.69, 9.17) is 17.3 Å². The molecule has 5 heteroatoms. The Labute approximate surface area is 123 Å². The van der Waals surface area contributed by atoms with E-state index >= 15 is 0 Å². The lowest BCUT2D eigenvalue weighted by atomic mass is 9.98. The van der Waals surface area contributed by atoms with Crippen molar-refractivity contribution in [2.45, 2.75) is 38.6 Å². The van der Waals surface area contributed by atoms with Crippen molar-refractivity contribution in [1.29, 1.82) is 0 Å². The molecule has 0 bridgehead atoms. The quantitative estimate of drug-likeness (QED) is 0.932. The number of rotatable bonds is 3. The maximum Gasteiger partial charge on any atom is 0.255 e. The van der Waals surface area contributed by atoms with Gasteiger partial charge in [0.2, 0.25) is 0 Å². The fourth-order valence-corrected chi connectivity index (χ4v) is 3.02. The SMILES string of the molecule is Cc1cc(Cl)c(C(=O)N2CCCCC2CCN)cc1F. The summed E-state index contributed by atoms with van der Waals surface area (Å²) in [7, 11) is 0. The fourth-order valence-electron chi connectivity index (χ4n) is 2.73. The van der Waals surface area contributed by atoms with Gasteiger partial charge in [0.05, 0.1) is 10.6 Å². The smallest absolute Gasteiger partial charge is 0.255 e. The Kier molecular flexibility index (Phi) is 5.00. The molecule has 1 unspecified atom stereocenters. The number of aryl methyl sites for hydroxylation is 1. The highest BCUT2D eigenvalue weighted by molar-refractivity contribution is 6.33. The van der Waals surface area contributed by atoms with E-state index in [1.807, 2.05) is 0 Å². The number of carbonyl (C=O) groups is 1. The van der Waals surface area contributed by atoms with E-state index < -0.39 is 5.82 Å². The van der Waals surface area contributed by atoms with Crippen molar-refractivity contribution in [2.75, 3.05) is 13.1 Å². The summed E-state index contributed by atoms with van der Waals surface area (Å²) in [5.41, 5.74) is 6.31. The molecule has 3 nitrogen and oxygen atoms in total. The Balaban J connectivity index is 2.27. The second-order valence-electron chi connectivity index (χ2n) is 5.31. The second-order valence-corrected chi connectivity index (χ2v) is 5.71. The Bertz CT molecular complexity index is 505. The summed E-state index contributed by atoms with van der Waals surface area (Å²) in [6, 6.07) is 2.89. The van der Waals surface area contributed by atoms with Gasteiger partial charge in [0.1, 0.15) is 5.82 Å². The molecular formula is C15H20ClFN2O. The predicted octanol–water partition coefficient (Wildman–Crippen LogP) is 3.13. The first kappa shape index (κ1) is 15.3. The highest BCUT2D eigenvalue weighted by Gasteiger charge is 2.28. The number of amides is 1. The standard InChI is InChI=1S/C15H20ClFN2O/c1-10-8-13(16)12(9-14(10)17)15(20)19-7-3-2-4-11(19)5-6-18/h8-9,11H,2-7,18H2,1H3. The van der Waals surface area contributed by atoms with Crippen molar-refractivity contribution in [3.8, 4) is 0 Å². The molecule has 20 heavy (non-hydrogen) atoms. The zero-order chi connectivity index (χ0) is 14.7. The van der Waals surface area contributed by atoms with Crippen LogP contribution in [0.4, 0.5) is 4.39 Å². The van der Waals surface area contributed by atoms with E-state index in [1.165, 1.54) is 12.1 Å². The second kappa shape index (κ2) is 6.55. The highest BCUT2D eigenvalue weighted by atomic mass is 35.5. The van der Waals surface area contributed by atoms with Crippen LogP contribution in [0, 0.1) is 12.7 Å².